The molecule has 2 aliphatic heterocycles. The number of aliphatic imine (C=N–C) groups is 1. The van der Waals surface area contributed by atoms with Crippen molar-refractivity contribution in [1.82, 2.24) is 9.62 Å². The average Bonchev–Trinajstić information content (AvgIpc) is 3.15. The smallest absolute Gasteiger partial charge is 0.253 e. The van der Waals surface area contributed by atoms with E-state index in [1.165, 1.54) is 43.2 Å². The molecule has 4 rings (SSSR count). The molecule has 180 valence electrons. The molecule has 6 nitrogen and oxygen atoms in total. The van der Waals surface area contributed by atoms with Gasteiger partial charge in [-0.15, -0.1) is 0 Å². The van der Waals surface area contributed by atoms with E-state index < -0.39 is 5.54 Å². The molecule has 3 aliphatic rings. The van der Waals surface area contributed by atoms with Crippen LogP contribution >= 0.6 is 21.8 Å². The van der Waals surface area contributed by atoms with E-state index in [0.717, 1.165) is 50.4 Å². The van der Waals surface area contributed by atoms with Crippen molar-refractivity contribution in [2.24, 2.45) is 10.9 Å². The van der Waals surface area contributed by atoms with E-state index in [4.69, 9.17) is 10.1 Å². The quantitative estimate of drug-likeness (QED) is 0.258. The number of aryl methyl sites for hydroxylation is 1. The summed E-state index contributed by atoms with van der Waals surface area (Å²) >= 11 is 0. The van der Waals surface area contributed by atoms with Crippen molar-refractivity contribution in [2.45, 2.75) is 63.8 Å². The zero-order chi connectivity index (χ0) is 23.1. The van der Waals surface area contributed by atoms with Crippen LogP contribution in [-0.4, -0.2) is 52.9 Å². The summed E-state index contributed by atoms with van der Waals surface area (Å²) in [4.78, 5) is 17.8. The molecular weight excluding hydrogens is 452 g/mol. The van der Waals surface area contributed by atoms with Gasteiger partial charge in [-0.05, 0) is 95.5 Å². The number of rotatable bonds is 9. The molecule has 1 saturated heterocycles. The predicted molar refractivity (Wildman–Crippen MR) is 141 cm³/mol. The zero-order valence-electron chi connectivity index (χ0n) is 19.5. The van der Waals surface area contributed by atoms with Gasteiger partial charge in [0.2, 0.25) is 0 Å². The first kappa shape index (κ1) is 24.6. The lowest BCUT2D eigenvalue weighted by atomic mass is 9.88. The standard InChI is InChI=1S/C25H36N4O2S2/c1-19-18-22(26-13-5-16-30)9-8-20(19)10-17-32-33-29-14-11-25(12-15-29)24(31)27-23(28-25)21-6-3-2-4-7-21/h8-10,17-18,21,26,30H,2-7,11-16H2,1H3,(H,27,28,31)/b17-10+. The summed E-state index contributed by atoms with van der Waals surface area (Å²) < 4.78 is 2.35. The van der Waals surface area contributed by atoms with Crippen molar-refractivity contribution < 1.29 is 9.90 Å². The zero-order valence-corrected chi connectivity index (χ0v) is 21.1. The average molecular weight is 489 g/mol. The fourth-order valence-electron chi connectivity index (χ4n) is 4.85. The van der Waals surface area contributed by atoms with Gasteiger partial charge in [-0.25, -0.2) is 4.31 Å². The first-order chi connectivity index (χ1) is 16.1. The van der Waals surface area contributed by atoms with Crippen molar-refractivity contribution in [3.8, 4) is 0 Å². The van der Waals surface area contributed by atoms with E-state index in [0.29, 0.717) is 5.92 Å². The number of carbonyl (C=O) groups is 1. The molecule has 0 unspecified atom stereocenters. The van der Waals surface area contributed by atoms with Crippen LogP contribution in [-0.2, 0) is 4.79 Å². The number of piperidine rings is 1. The molecule has 0 atom stereocenters. The number of hydrogen-bond donors (Lipinski definition) is 3. The largest absolute Gasteiger partial charge is 0.396 e. The maximum Gasteiger partial charge on any atom is 0.253 e. The van der Waals surface area contributed by atoms with Crippen LogP contribution < -0.4 is 10.6 Å². The minimum absolute atomic E-state index is 0.130. The second-order valence-electron chi connectivity index (χ2n) is 9.30. The SMILES string of the molecule is Cc1cc(NCCCO)ccc1/C=C/SSN1CCC2(CC1)N=C(C1CCCCC1)NC2=O. The number of benzene rings is 1. The van der Waals surface area contributed by atoms with Crippen LogP contribution in [0.4, 0.5) is 5.69 Å². The van der Waals surface area contributed by atoms with Crippen LogP contribution in [0.25, 0.3) is 6.08 Å². The van der Waals surface area contributed by atoms with Gasteiger partial charge in [0.15, 0.2) is 0 Å². The van der Waals surface area contributed by atoms with Crippen LogP contribution in [0.1, 0.15) is 62.5 Å². The summed E-state index contributed by atoms with van der Waals surface area (Å²) in [6, 6.07) is 6.36. The van der Waals surface area contributed by atoms with Gasteiger partial charge in [0.25, 0.3) is 5.91 Å². The Balaban J connectivity index is 1.22. The van der Waals surface area contributed by atoms with Gasteiger partial charge in [-0.2, -0.15) is 0 Å². The molecule has 2 fully saturated rings. The van der Waals surface area contributed by atoms with Crippen LogP contribution in [0.15, 0.2) is 28.6 Å². The summed E-state index contributed by atoms with van der Waals surface area (Å²) in [6.07, 6.45) is 10.7. The molecule has 1 saturated carbocycles. The van der Waals surface area contributed by atoms with E-state index in [-0.39, 0.29) is 12.5 Å². The fourth-order valence-corrected chi connectivity index (χ4v) is 6.69. The third kappa shape index (κ3) is 6.35. The Morgan fingerprint density at radius 1 is 1.27 bits per heavy atom. The molecule has 1 amide bonds. The first-order valence-electron chi connectivity index (χ1n) is 12.2. The molecule has 2 heterocycles. The summed E-state index contributed by atoms with van der Waals surface area (Å²) in [7, 11) is 3.48. The third-order valence-electron chi connectivity index (χ3n) is 6.93. The number of aliphatic hydroxyl groups excluding tert-OH is 1. The summed E-state index contributed by atoms with van der Waals surface area (Å²) in [5, 5.41) is 17.5. The van der Waals surface area contributed by atoms with Gasteiger partial charge in [-0.1, -0.05) is 25.3 Å². The van der Waals surface area contributed by atoms with Gasteiger partial charge < -0.3 is 15.7 Å². The Labute approximate surface area is 205 Å². The Morgan fingerprint density at radius 2 is 2.06 bits per heavy atom. The van der Waals surface area contributed by atoms with Crippen molar-refractivity contribution >= 4 is 45.3 Å². The van der Waals surface area contributed by atoms with E-state index in [2.05, 4.69) is 51.5 Å². The highest BCUT2D eigenvalue weighted by Gasteiger charge is 2.46. The van der Waals surface area contributed by atoms with Gasteiger partial charge in [0.05, 0.1) is 0 Å². The Bertz CT molecular complexity index is 875. The minimum Gasteiger partial charge on any atom is -0.396 e. The highest BCUT2D eigenvalue weighted by Crippen LogP contribution is 2.38. The van der Waals surface area contributed by atoms with Crippen LogP contribution in [0.3, 0.4) is 0 Å². The number of carbonyl (C=O) groups excluding carboxylic acids is 1. The van der Waals surface area contributed by atoms with Crippen molar-refractivity contribution in [1.29, 1.82) is 0 Å². The van der Waals surface area contributed by atoms with Crippen molar-refractivity contribution in [3.05, 3.63) is 34.7 Å². The maximum absolute atomic E-state index is 12.8. The monoisotopic (exact) mass is 488 g/mol. The van der Waals surface area contributed by atoms with E-state index in [1.54, 1.807) is 21.8 Å². The molecular formula is C25H36N4O2S2. The summed E-state index contributed by atoms with van der Waals surface area (Å²) in [5.74, 6) is 1.57. The molecule has 1 aliphatic carbocycles. The lowest BCUT2D eigenvalue weighted by molar-refractivity contribution is -0.124. The third-order valence-corrected chi connectivity index (χ3v) is 9.06. The highest BCUT2D eigenvalue weighted by molar-refractivity contribution is 8.77. The van der Waals surface area contributed by atoms with Crippen LogP contribution in [0, 0.1) is 12.8 Å². The lowest BCUT2D eigenvalue weighted by Gasteiger charge is -2.34. The molecule has 3 N–H and O–H groups in total. The molecule has 1 spiro atoms. The predicted octanol–water partition coefficient (Wildman–Crippen LogP) is 5.00. The van der Waals surface area contributed by atoms with Gasteiger partial charge in [-0.3, -0.25) is 9.79 Å². The summed E-state index contributed by atoms with van der Waals surface area (Å²) in [6.45, 7) is 4.87. The normalized spacial score (nSPS) is 21.5. The fraction of sp³-hybridized carbons (Fsp3) is 0.600. The number of hydrogen-bond acceptors (Lipinski definition) is 7. The molecule has 0 aromatic heterocycles. The Morgan fingerprint density at radius 3 is 2.79 bits per heavy atom. The number of anilines is 1. The number of nitrogens with zero attached hydrogens (tertiary/aromatic N) is 2. The molecule has 0 radical (unpaired) electrons. The molecule has 33 heavy (non-hydrogen) atoms. The number of aliphatic hydroxyl groups is 1. The van der Waals surface area contributed by atoms with Crippen LogP contribution in [0.2, 0.25) is 0 Å². The Kier molecular flexibility index (Phi) is 8.79. The lowest BCUT2D eigenvalue weighted by Crippen LogP contribution is -2.47. The van der Waals surface area contributed by atoms with Crippen LogP contribution in [0.5, 0.6) is 0 Å². The number of amidine groups is 1. The van der Waals surface area contributed by atoms with E-state index in [1.807, 2.05) is 0 Å². The molecule has 1 aromatic carbocycles. The molecule has 1 aromatic rings. The van der Waals surface area contributed by atoms with E-state index >= 15 is 0 Å². The van der Waals surface area contributed by atoms with Crippen molar-refractivity contribution in [2.75, 3.05) is 31.6 Å². The van der Waals surface area contributed by atoms with E-state index in [9.17, 15) is 4.79 Å². The highest BCUT2D eigenvalue weighted by atomic mass is 33.1. The minimum atomic E-state index is -0.519. The second-order valence-corrected chi connectivity index (χ2v) is 11.5. The maximum atomic E-state index is 12.8. The molecule has 8 heteroatoms. The summed E-state index contributed by atoms with van der Waals surface area (Å²) in [5.41, 5.74) is 3.01. The number of nitrogens with one attached hydrogen (secondary N) is 2. The topological polar surface area (TPSA) is 77.0 Å². The number of amides is 1. The first-order valence-corrected chi connectivity index (χ1v) is 14.4. The van der Waals surface area contributed by atoms with Gasteiger partial charge in [0, 0.05) is 37.8 Å². The second kappa shape index (κ2) is 11.8. The van der Waals surface area contributed by atoms with Gasteiger partial charge >= 0.3 is 0 Å². The molecule has 0 bridgehead atoms. The van der Waals surface area contributed by atoms with Crippen molar-refractivity contribution in [3.63, 3.8) is 0 Å². The van der Waals surface area contributed by atoms with Gasteiger partial charge in [0.1, 0.15) is 11.4 Å². The Hall–Kier alpha value is -1.48.